The lowest BCUT2D eigenvalue weighted by Gasteiger charge is -2.30. The van der Waals surface area contributed by atoms with Gasteiger partial charge in [-0.15, -0.1) is 0 Å². The minimum Gasteiger partial charge on any atom is -0.497 e. The van der Waals surface area contributed by atoms with E-state index in [1.807, 2.05) is 12.1 Å². The van der Waals surface area contributed by atoms with Crippen LogP contribution in [0.15, 0.2) is 24.3 Å². The third-order valence-electron chi connectivity index (χ3n) is 3.87. The summed E-state index contributed by atoms with van der Waals surface area (Å²) in [6.07, 6.45) is 5.74. The van der Waals surface area contributed by atoms with Crippen molar-refractivity contribution in [3.63, 3.8) is 0 Å². The lowest BCUT2D eigenvalue weighted by atomic mass is 9.88. The lowest BCUT2D eigenvalue weighted by Crippen LogP contribution is -2.24. The van der Waals surface area contributed by atoms with E-state index in [-0.39, 0.29) is 6.10 Å². The normalized spacial score (nSPS) is 25.0. The van der Waals surface area contributed by atoms with Gasteiger partial charge in [0, 0.05) is 4.43 Å². The Morgan fingerprint density at radius 1 is 1.26 bits per heavy atom. The summed E-state index contributed by atoms with van der Waals surface area (Å²) in [4.78, 5) is 0. The van der Waals surface area contributed by atoms with Gasteiger partial charge in [-0.05, 0) is 36.5 Å². The van der Waals surface area contributed by atoms with Crippen LogP contribution in [0.4, 0.5) is 0 Å². The van der Waals surface area contributed by atoms with Crippen molar-refractivity contribution in [3.8, 4) is 5.75 Å². The molecule has 2 rings (SSSR count). The smallest absolute Gasteiger partial charge is 0.118 e. The number of hydrogen-bond donors (Lipinski definition) is 0. The summed E-state index contributed by atoms with van der Waals surface area (Å²) >= 11 is 2.42. The van der Waals surface area contributed by atoms with Gasteiger partial charge in [-0.2, -0.15) is 0 Å². The van der Waals surface area contributed by atoms with E-state index in [4.69, 9.17) is 9.47 Å². The molecule has 0 aliphatic heterocycles. The van der Waals surface area contributed by atoms with Gasteiger partial charge in [-0.3, -0.25) is 0 Å². The summed E-state index contributed by atoms with van der Waals surface area (Å²) in [7, 11) is 1.70. The molecule has 1 aromatic carbocycles. The maximum atomic E-state index is 6.32. The second kappa shape index (κ2) is 7.48. The van der Waals surface area contributed by atoms with Gasteiger partial charge in [0.1, 0.15) is 5.75 Å². The predicted molar refractivity (Wildman–Crippen MR) is 87.1 cm³/mol. The molecule has 1 fully saturated rings. The molecule has 1 aromatic rings. The molecule has 0 bridgehead atoms. The molecular weight excluding hydrogens is 351 g/mol. The van der Waals surface area contributed by atoms with Crippen LogP contribution in [0.3, 0.4) is 0 Å². The van der Waals surface area contributed by atoms with E-state index in [1.165, 1.54) is 31.2 Å². The highest BCUT2D eigenvalue weighted by molar-refractivity contribution is 14.1. The van der Waals surface area contributed by atoms with E-state index in [1.54, 1.807) is 7.11 Å². The van der Waals surface area contributed by atoms with E-state index >= 15 is 0 Å². The second-order valence-corrected chi connectivity index (χ2v) is 6.33. The number of methoxy groups -OCH3 is 1. The van der Waals surface area contributed by atoms with Crippen LogP contribution in [0.25, 0.3) is 0 Å². The van der Waals surface area contributed by atoms with Crippen LogP contribution in [-0.2, 0) is 4.74 Å². The van der Waals surface area contributed by atoms with Crippen molar-refractivity contribution in [2.75, 3.05) is 11.5 Å². The van der Waals surface area contributed by atoms with Crippen molar-refractivity contribution in [2.45, 2.75) is 44.8 Å². The molecule has 1 aliphatic rings. The third-order valence-corrected chi connectivity index (χ3v) is 4.67. The molecule has 19 heavy (non-hydrogen) atoms. The van der Waals surface area contributed by atoms with Crippen LogP contribution >= 0.6 is 22.6 Å². The van der Waals surface area contributed by atoms with E-state index in [9.17, 15) is 0 Å². The molecule has 3 atom stereocenters. The summed E-state index contributed by atoms with van der Waals surface area (Å²) in [5.41, 5.74) is 1.26. The number of halogens is 1. The van der Waals surface area contributed by atoms with Crippen molar-refractivity contribution in [1.29, 1.82) is 0 Å². The van der Waals surface area contributed by atoms with Gasteiger partial charge in [0.25, 0.3) is 0 Å². The Labute approximate surface area is 130 Å². The molecule has 3 heteroatoms. The number of alkyl halides is 1. The molecule has 0 spiro atoms. The highest BCUT2D eigenvalue weighted by atomic mass is 127. The van der Waals surface area contributed by atoms with Crippen LogP contribution in [0.1, 0.15) is 44.3 Å². The van der Waals surface area contributed by atoms with Crippen LogP contribution in [0.2, 0.25) is 0 Å². The zero-order valence-corrected chi connectivity index (χ0v) is 13.9. The monoisotopic (exact) mass is 374 g/mol. The molecular formula is C16H23IO2. The molecule has 0 saturated heterocycles. The van der Waals surface area contributed by atoms with Crippen molar-refractivity contribution in [3.05, 3.63) is 29.8 Å². The van der Waals surface area contributed by atoms with Gasteiger partial charge in [0.05, 0.1) is 19.3 Å². The maximum absolute atomic E-state index is 6.32. The van der Waals surface area contributed by atoms with Crippen LogP contribution in [-0.4, -0.2) is 17.6 Å². The fourth-order valence-corrected chi connectivity index (χ4v) is 3.47. The Bertz CT molecular complexity index is 377. The number of hydrogen-bond acceptors (Lipinski definition) is 2. The first-order valence-corrected chi connectivity index (χ1v) is 8.61. The van der Waals surface area contributed by atoms with Crippen LogP contribution in [0.5, 0.6) is 5.75 Å². The van der Waals surface area contributed by atoms with E-state index in [2.05, 4.69) is 41.6 Å². The molecule has 0 heterocycles. The van der Waals surface area contributed by atoms with Gasteiger partial charge in [-0.1, -0.05) is 54.5 Å². The standard InChI is InChI=1S/C16H23IO2/c1-12-4-3-5-15(10-12)19-16(11-17)13-6-8-14(18-2)9-7-13/h6-9,12,15-16H,3-5,10-11H2,1-2H3. The average molecular weight is 374 g/mol. The zero-order chi connectivity index (χ0) is 13.7. The second-order valence-electron chi connectivity index (χ2n) is 5.45. The van der Waals surface area contributed by atoms with Gasteiger partial charge in [-0.25, -0.2) is 0 Å². The summed E-state index contributed by atoms with van der Waals surface area (Å²) in [6, 6.07) is 8.27. The largest absolute Gasteiger partial charge is 0.497 e. The highest BCUT2D eigenvalue weighted by Crippen LogP contribution is 2.31. The molecule has 1 saturated carbocycles. The molecule has 2 nitrogen and oxygen atoms in total. The first-order valence-electron chi connectivity index (χ1n) is 7.08. The molecule has 0 radical (unpaired) electrons. The Morgan fingerprint density at radius 2 is 2.00 bits per heavy atom. The van der Waals surface area contributed by atoms with Crippen molar-refractivity contribution >= 4 is 22.6 Å². The van der Waals surface area contributed by atoms with Crippen molar-refractivity contribution < 1.29 is 9.47 Å². The SMILES string of the molecule is COc1ccc(C(CI)OC2CCCC(C)C2)cc1. The Kier molecular flexibility index (Phi) is 5.95. The molecule has 0 amide bonds. The summed E-state index contributed by atoms with van der Waals surface area (Å²) in [5.74, 6) is 1.71. The quantitative estimate of drug-likeness (QED) is 0.546. The number of ether oxygens (including phenoxy) is 2. The van der Waals surface area contributed by atoms with Gasteiger partial charge in [0.2, 0.25) is 0 Å². The maximum Gasteiger partial charge on any atom is 0.118 e. The lowest BCUT2D eigenvalue weighted by molar-refractivity contribution is -0.0283. The molecule has 106 valence electrons. The fraction of sp³-hybridized carbons (Fsp3) is 0.625. The first-order chi connectivity index (χ1) is 9.22. The summed E-state index contributed by atoms with van der Waals surface area (Å²) < 4.78 is 12.5. The zero-order valence-electron chi connectivity index (χ0n) is 11.8. The van der Waals surface area contributed by atoms with Crippen molar-refractivity contribution in [1.82, 2.24) is 0 Å². The molecule has 0 aromatic heterocycles. The summed E-state index contributed by atoms with van der Waals surface area (Å²) in [5, 5.41) is 0. The van der Waals surface area contributed by atoms with E-state index < -0.39 is 0 Å². The Morgan fingerprint density at radius 3 is 2.58 bits per heavy atom. The molecule has 0 N–H and O–H groups in total. The minimum absolute atomic E-state index is 0.210. The fourth-order valence-electron chi connectivity index (χ4n) is 2.76. The average Bonchev–Trinajstić information content (AvgIpc) is 2.45. The predicted octanol–water partition coefficient (Wildman–Crippen LogP) is 4.77. The molecule has 1 aliphatic carbocycles. The number of rotatable bonds is 5. The summed E-state index contributed by atoms with van der Waals surface area (Å²) in [6.45, 7) is 2.34. The van der Waals surface area contributed by atoms with E-state index in [0.29, 0.717) is 6.10 Å². The molecule has 3 unspecified atom stereocenters. The van der Waals surface area contributed by atoms with Gasteiger partial charge < -0.3 is 9.47 Å². The first kappa shape index (κ1) is 15.1. The minimum atomic E-state index is 0.210. The van der Waals surface area contributed by atoms with Gasteiger partial charge >= 0.3 is 0 Å². The van der Waals surface area contributed by atoms with Crippen molar-refractivity contribution in [2.24, 2.45) is 5.92 Å². The van der Waals surface area contributed by atoms with E-state index in [0.717, 1.165) is 16.1 Å². The highest BCUT2D eigenvalue weighted by Gasteiger charge is 2.23. The third kappa shape index (κ3) is 4.35. The van der Waals surface area contributed by atoms with Crippen LogP contribution < -0.4 is 4.74 Å². The topological polar surface area (TPSA) is 18.5 Å². The Balaban J connectivity index is 1.98. The Hall–Kier alpha value is -0.290. The van der Waals surface area contributed by atoms with Gasteiger partial charge in [0.15, 0.2) is 0 Å². The number of benzene rings is 1. The van der Waals surface area contributed by atoms with Crippen LogP contribution in [0, 0.1) is 5.92 Å².